The van der Waals surface area contributed by atoms with Gasteiger partial charge >= 0.3 is 0 Å². The Morgan fingerprint density at radius 1 is 1.14 bits per heavy atom. The minimum absolute atomic E-state index is 0.153. The van der Waals surface area contributed by atoms with E-state index in [2.05, 4.69) is 9.97 Å². The molecule has 2 aromatic rings. The standard InChI is InChI=1S/C19H23FN4O4S/c1-4-15-18(20)19(22-11-21-15)23-9-12-7-13(10-23)24(12)29(25,26)14-5-6-16(27-2)17(8-14)28-3/h5-6,8,11-13H,4,7,9-10H2,1-3H3. The fourth-order valence-corrected chi connectivity index (χ4v) is 5.93. The minimum Gasteiger partial charge on any atom is -0.493 e. The Morgan fingerprint density at radius 3 is 2.45 bits per heavy atom. The number of piperazine rings is 1. The van der Waals surface area contributed by atoms with Crippen LogP contribution in [0.15, 0.2) is 29.4 Å². The molecular weight excluding hydrogens is 399 g/mol. The van der Waals surface area contributed by atoms with E-state index >= 15 is 0 Å². The molecule has 1 aromatic heterocycles. The summed E-state index contributed by atoms with van der Waals surface area (Å²) in [5.74, 6) is 0.642. The maximum Gasteiger partial charge on any atom is 0.243 e. The average molecular weight is 422 g/mol. The SMILES string of the molecule is CCc1ncnc(N2CC3CC(C2)N3S(=O)(=O)c2ccc(OC)c(OC)c2)c1F. The third-order valence-corrected chi connectivity index (χ3v) is 7.54. The van der Waals surface area contributed by atoms with E-state index in [0.717, 1.165) is 6.42 Å². The molecule has 4 heterocycles. The summed E-state index contributed by atoms with van der Waals surface area (Å²) in [6.45, 7) is 2.61. The number of anilines is 1. The van der Waals surface area contributed by atoms with Crippen LogP contribution in [0, 0.1) is 5.82 Å². The van der Waals surface area contributed by atoms with Crippen LogP contribution in [0.25, 0.3) is 0 Å². The van der Waals surface area contributed by atoms with Crippen molar-refractivity contribution in [3.8, 4) is 11.5 Å². The molecule has 1 aromatic carbocycles. The van der Waals surface area contributed by atoms with E-state index in [9.17, 15) is 12.8 Å². The van der Waals surface area contributed by atoms with E-state index in [1.165, 1.54) is 37.0 Å². The number of sulfonamides is 1. The van der Waals surface area contributed by atoms with Gasteiger partial charge in [-0.25, -0.2) is 22.8 Å². The second-order valence-corrected chi connectivity index (χ2v) is 8.95. The molecule has 8 nitrogen and oxygen atoms in total. The van der Waals surface area contributed by atoms with Gasteiger partial charge in [-0.1, -0.05) is 6.92 Å². The van der Waals surface area contributed by atoms with Crippen LogP contribution in [0.1, 0.15) is 19.0 Å². The number of hydrogen-bond donors (Lipinski definition) is 0. The zero-order valence-corrected chi connectivity index (χ0v) is 17.3. The van der Waals surface area contributed by atoms with E-state index in [1.54, 1.807) is 6.07 Å². The van der Waals surface area contributed by atoms with Gasteiger partial charge < -0.3 is 14.4 Å². The van der Waals surface area contributed by atoms with Gasteiger partial charge in [0.05, 0.1) is 24.8 Å². The molecule has 29 heavy (non-hydrogen) atoms. The van der Waals surface area contributed by atoms with Crippen LogP contribution in [0.3, 0.4) is 0 Å². The third kappa shape index (κ3) is 3.20. The molecular formula is C19H23FN4O4S. The average Bonchev–Trinajstić information content (AvgIpc) is 2.72. The Morgan fingerprint density at radius 2 is 1.83 bits per heavy atom. The lowest BCUT2D eigenvalue weighted by molar-refractivity contribution is 0.0870. The molecule has 156 valence electrons. The van der Waals surface area contributed by atoms with Gasteiger partial charge in [0.25, 0.3) is 0 Å². The Hall–Kier alpha value is -2.46. The van der Waals surface area contributed by atoms with Crippen molar-refractivity contribution in [2.45, 2.75) is 36.7 Å². The molecule has 3 aliphatic rings. The maximum atomic E-state index is 14.6. The van der Waals surface area contributed by atoms with Crippen molar-refractivity contribution in [1.82, 2.24) is 14.3 Å². The molecule has 2 unspecified atom stereocenters. The van der Waals surface area contributed by atoms with Crippen molar-refractivity contribution in [2.24, 2.45) is 0 Å². The predicted molar refractivity (Wildman–Crippen MR) is 104 cm³/mol. The Labute approximate surface area is 169 Å². The second-order valence-electron chi connectivity index (χ2n) is 7.11. The topological polar surface area (TPSA) is 84.9 Å². The summed E-state index contributed by atoms with van der Waals surface area (Å²) in [5.41, 5.74) is 0.365. The van der Waals surface area contributed by atoms with E-state index in [1.807, 2.05) is 11.8 Å². The zero-order chi connectivity index (χ0) is 20.8. The van der Waals surface area contributed by atoms with E-state index < -0.39 is 15.8 Å². The van der Waals surface area contributed by atoms with Gasteiger partial charge in [0.15, 0.2) is 23.1 Å². The first-order valence-corrected chi connectivity index (χ1v) is 10.8. The van der Waals surface area contributed by atoms with Gasteiger partial charge in [0.1, 0.15) is 6.33 Å². The normalized spacial score (nSPS) is 21.6. The second kappa shape index (κ2) is 7.42. The highest BCUT2D eigenvalue weighted by molar-refractivity contribution is 7.89. The lowest BCUT2D eigenvalue weighted by atomic mass is 9.91. The van der Waals surface area contributed by atoms with Crippen LogP contribution in [0.5, 0.6) is 11.5 Å². The molecule has 3 aliphatic heterocycles. The number of methoxy groups -OCH3 is 2. The summed E-state index contributed by atoms with van der Waals surface area (Å²) >= 11 is 0. The fourth-order valence-electron chi connectivity index (χ4n) is 4.10. The number of benzene rings is 1. The summed E-state index contributed by atoms with van der Waals surface area (Å²) in [6, 6.07) is 4.10. The first-order chi connectivity index (χ1) is 13.9. The molecule has 10 heteroatoms. The van der Waals surface area contributed by atoms with Crippen LogP contribution >= 0.6 is 0 Å². The molecule has 2 atom stereocenters. The van der Waals surface area contributed by atoms with Crippen molar-refractivity contribution in [1.29, 1.82) is 0 Å². The number of hydrogen-bond acceptors (Lipinski definition) is 7. The van der Waals surface area contributed by atoms with Crippen molar-refractivity contribution in [2.75, 3.05) is 32.2 Å². The number of rotatable bonds is 6. The number of aromatic nitrogens is 2. The molecule has 0 amide bonds. The van der Waals surface area contributed by atoms with Crippen molar-refractivity contribution in [3.63, 3.8) is 0 Å². The van der Waals surface area contributed by atoms with E-state index in [4.69, 9.17) is 9.47 Å². The minimum atomic E-state index is -3.70. The first-order valence-electron chi connectivity index (χ1n) is 9.40. The largest absolute Gasteiger partial charge is 0.493 e. The number of halogens is 1. The van der Waals surface area contributed by atoms with Crippen molar-refractivity contribution >= 4 is 15.8 Å². The van der Waals surface area contributed by atoms with Crippen LogP contribution in [0.4, 0.5) is 10.2 Å². The van der Waals surface area contributed by atoms with Gasteiger partial charge in [-0.3, -0.25) is 0 Å². The summed E-state index contributed by atoms with van der Waals surface area (Å²) in [4.78, 5) is 10.0. The molecule has 2 bridgehead atoms. The Balaban J connectivity index is 1.58. The van der Waals surface area contributed by atoms with Gasteiger partial charge in [0.2, 0.25) is 10.0 Å². The number of fused-ring (bicyclic) bond motifs is 2. The molecule has 0 spiro atoms. The van der Waals surface area contributed by atoms with Gasteiger partial charge in [-0.15, -0.1) is 0 Å². The highest BCUT2D eigenvalue weighted by Crippen LogP contribution is 2.40. The summed E-state index contributed by atoms with van der Waals surface area (Å²) in [7, 11) is -0.743. The van der Waals surface area contributed by atoms with Gasteiger partial charge in [0, 0.05) is 31.2 Å². The highest BCUT2D eigenvalue weighted by Gasteiger charge is 2.51. The smallest absolute Gasteiger partial charge is 0.243 e. The molecule has 0 aliphatic carbocycles. The summed E-state index contributed by atoms with van der Waals surface area (Å²) in [6.07, 6.45) is 2.58. The highest BCUT2D eigenvalue weighted by atomic mass is 32.2. The lowest BCUT2D eigenvalue weighted by Gasteiger charge is -2.55. The Bertz CT molecular complexity index is 1020. The van der Waals surface area contributed by atoms with E-state index in [0.29, 0.717) is 36.7 Å². The number of aryl methyl sites for hydroxylation is 1. The third-order valence-electron chi connectivity index (χ3n) is 5.53. The van der Waals surface area contributed by atoms with E-state index in [-0.39, 0.29) is 22.8 Å². The van der Waals surface area contributed by atoms with Crippen molar-refractivity contribution < 1.29 is 22.3 Å². The Kier molecular flexibility index (Phi) is 5.07. The molecule has 5 rings (SSSR count). The van der Waals surface area contributed by atoms with Gasteiger partial charge in [-0.2, -0.15) is 4.31 Å². The molecule has 3 fully saturated rings. The lowest BCUT2D eigenvalue weighted by Crippen LogP contribution is -2.70. The first kappa shape index (κ1) is 19.8. The van der Waals surface area contributed by atoms with Crippen LogP contribution < -0.4 is 14.4 Å². The number of ether oxygens (including phenoxy) is 2. The van der Waals surface area contributed by atoms with Gasteiger partial charge in [-0.05, 0) is 25.0 Å². The molecule has 0 radical (unpaired) electrons. The number of nitrogens with zero attached hydrogens (tertiary/aromatic N) is 4. The number of piperidine rings is 1. The fraction of sp³-hybridized carbons (Fsp3) is 0.474. The quantitative estimate of drug-likeness (QED) is 0.702. The zero-order valence-electron chi connectivity index (χ0n) is 16.5. The molecule has 0 saturated carbocycles. The molecule has 3 saturated heterocycles. The van der Waals surface area contributed by atoms with Crippen molar-refractivity contribution in [3.05, 3.63) is 36.0 Å². The van der Waals surface area contributed by atoms with Crippen LogP contribution in [0.2, 0.25) is 0 Å². The predicted octanol–water partition coefficient (Wildman–Crippen LogP) is 1.85. The van der Waals surface area contributed by atoms with Crippen LogP contribution in [-0.4, -0.2) is 62.1 Å². The summed E-state index contributed by atoms with van der Waals surface area (Å²) in [5, 5.41) is 0. The maximum absolute atomic E-state index is 14.6. The monoisotopic (exact) mass is 422 g/mol. The summed E-state index contributed by atoms with van der Waals surface area (Å²) < 4.78 is 53.0. The molecule has 0 N–H and O–H groups in total. The van der Waals surface area contributed by atoms with Crippen LogP contribution in [-0.2, 0) is 16.4 Å².